The molecule has 0 spiro atoms. The number of carbonyl (C=O) groups is 1. The number of hydrogen-bond acceptors (Lipinski definition) is 3. The van der Waals surface area contributed by atoms with Gasteiger partial charge in [-0.3, -0.25) is 4.90 Å². The first-order chi connectivity index (χ1) is 9.61. The van der Waals surface area contributed by atoms with Gasteiger partial charge in [-0.1, -0.05) is 22.2 Å². The van der Waals surface area contributed by atoms with E-state index in [0.29, 0.717) is 0 Å². The third kappa shape index (κ3) is 5.47. The van der Waals surface area contributed by atoms with E-state index in [2.05, 4.69) is 9.84 Å². The molecule has 1 rings (SSSR count). The van der Waals surface area contributed by atoms with Gasteiger partial charge in [0.15, 0.2) is 0 Å². The molecule has 0 bridgehead atoms. The van der Waals surface area contributed by atoms with Crippen LogP contribution in [0.3, 0.4) is 0 Å². The molecule has 2 atom stereocenters. The highest BCUT2D eigenvalue weighted by molar-refractivity contribution is 7.32. The van der Waals surface area contributed by atoms with E-state index in [-0.39, 0.29) is 15.6 Å². The first-order valence-corrected chi connectivity index (χ1v) is 6.81. The highest BCUT2D eigenvalue weighted by Gasteiger charge is 2.51. The molecule has 0 saturated heterocycles. The average Bonchev–Trinajstić information content (AvgIpc) is 2.33. The van der Waals surface area contributed by atoms with Crippen molar-refractivity contribution in [1.82, 2.24) is 4.90 Å². The van der Waals surface area contributed by atoms with Crippen LogP contribution in [0.15, 0.2) is 24.3 Å². The molecule has 2 unspecified atom stereocenters. The maximum atomic E-state index is 12.7. The molecule has 0 saturated carbocycles. The minimum Gasteiger partial charge on any atom is -0.308 e. The molecule has 2 amide bonds. The number of anilines is 1. The van der Waals surface area contributed by atoms with Crippen LogP contribution in [0.2, 0.25) is 5.02 Å². The summed E-state index contributed by atoms with van der Waals surface area (Å²) < 4.78 is 52.3. The maximum absolute atomic E-state index is 12.7. The Hall–Kier alpha value is -1.41. The number of halogens is 4. The molecule has 0 aliphatic rings. The molecular formula is C10H10ClF3N2O4P+. The quantitative estimate of drug-likeness (QED) is 0.648. The highest BCUT2D eigenvalue weighted by atomic mass is 35.5. The van der Waals surface area contributed by atoms with E-state index in [1.165, 1.54) is 24.3 Å². The summed E-state index contributed by atoms with van der Waals surface area (Å²) in [6.07, 6.45) is -7.89. The second kappa shape index (κ2) is 7.04. The van der Waals surface area contributed by atoms with Gasteiger partial charge < -0.3 is 5.32 Å². The molecule has 11 heteroatoms. The normalized spacial score (nSPS) is 13.5. The number of alkyl halides is 3. The molecule has 0 heterocycles. The van der Waals surface area contributed by atoms with Gasteiger partial charge in [-0.15, -0.1) is 4.89 Å². The third-order valence-electron chi connectivity index (χ3n) is 2.22. The van der Waals surface area contributed by atoms with Crippen molar-refractivity contribution in [2.75, 3.05) is 12.4 Å². The maximum Gasteiger partial charge on any atom is 0.697 e. The standard InChI is InChI=1S/C10H9ClF3N2O4P/c1-16(8(10(12,13)14)20-21(18)19)9(17)15-7-4-2-3-6(11)5-7/h2-5,8H,1H3,(H-,15,17,18,19)/p+1. The van der Waals surface area contributed by atoms with E-state index in [1.807, 2.05) is 0 Å². The summed E-state index contributed by atoms with van der Waals surface area (Å²) >= 11 is 5.67. The molecule has 116 valence electrons. The zero-order valence-corrected chi connectivity index (χ0v) is 12.1. The van der Waals surface area contributed by atoms with Crippen molar-refractivity contribution in [3.63, 3.8) is 0 Å². The van der Waals surface area contributed by atoms with Gasteiger partial charge in [-0.2, -0.15) is 13.2 Å². The fourth-order valence-corrected chi connectivity index (χ4v) is 1.94. The van der Waals surface area contributed by atoms with Crippen LogP contribution in [0.25, 0.3) is 0 Å². The largest absolute Gasteiger partial charge is 0.697 e. The number of carbonyl (C=O) groups excluding carboxylic acids is 1. The van der Waals surface area contributed by atoms with Gasteiger partial charge in [0, 0.05) is 22.3 Å². The van der Waals surface area contributed by atoms with Gasteiger partial charge in [0.1, 0.15) is 0 Å². The van der Waals surface area contributed by atoms with Gasteiger partial charge in [0.05, 0.1) is 0 Å². The smallest absolute Gasteiger partial charge is 0.308 e. The molecule has 1 aromatic rings. The van der Waals surface area contributed by atoms with Crippen LogP contribution in [0.5, 0.6) is 0 Å². The summed E-state index contributed by atoms with van der Waals surface area (Å²) in [5, 5.41) is 2.43. The van der Waals surface area contributed by atoms with E-state index >= 15 is 0 Å². The zero-order chi connectivity index (χ0) is 16.2. The van der Waals surface area contributed by atoms with Crippen molar-refractivity contribution in [3.8, 4) is 0 Å². The molecule has 0 aliphatic heterocycles. The average molecular weight is 346 g/mol. The fraction of sp³-hybridized carbons (Fsp3) is 0.300. The Morgan fingerprint density at radius 2 is 2.14 bits per heavy atom. The number of hydrogen-bond donors (Lipinski definition) is 2. The molecular weight excluding hydrogens is 336 g/mol. The summed E-state index contributed by atoms with van der Waals surface area (Å²) in [5.41, 5.74) is 0.161. The van der Waals surface area contributed by atoms with Gasteiger partial charge in [0.2, 0.25) is 0 Å². The van der Waals surface area contributed by atoms with Gasteiger partial charge in [-0.05, 0) is 18.2 Å². The number of amides is 2. The Labute approximate surface area is 123 Å². The Balaban J connectivity index is 2.85. The lowest BCUT2D eigenvalue weighted by molar-refractivity contribution is -0.226. The fourth-order valence-electron chi connectivity index (χ4n) is 1.32. The summed E-state index contributed by atoms with van der Waals surface area (Å²) in [6, 6.07) is 4.55. The molecule has 21 heavy (non-hydrogen) atoms. The van der Waals surface area contributed by atoms with Gasteiger partial charge in [0.25, 0.3) is 6.23 Å². The Bertz CT molecular complexity index is 543. The van der Waals surface area contributed by atoms with Gasteiger partial charge in [-0.25, -0.2) is 4.79 Å². The number of rotatable bonds is 4. The Morgan fingerprint density at radius 1 is 1.52 bits per heavy atom. The third-order valence-corrected chi connectivity index (χ3v) is 2.83. The molecule has 2 N–H and O–H groups in total. The van der Waals surface area contributed by atoms with Crippen molar-refractivity contribution in [1.29, 1.82) is 0 Å². The predicted molar refractivity (Wildman–Crippen MR) is 69.0 cm³/mol. The summed E-state index contributed by atoms with van der Waals surface area (Å²) in [4.78, 5) is 20.3. The molecule has 6 nitrogen and oxygen atoms in total. The van der Waals surface area contributed by atoms with Crippen LogP contribution in [-0.2, 0) is 9.09 Å². The lowest BCUT2D eigenvalue weighted by Crippen LogP contribution is -2.48. The molecule has 0 aromatic heterocycles. The minimum atomic E-state index is -5.03. The summed E-state index contributed by atoms with van der Waals surface area (Å²) in [7, 11) is -2.76. The first kappa shape index (κ1) is 17.6. The van der Waals surface area contributed by atoms with Crippen LogP contribution >= 0.6 is 19.9 Å². The highest BCUT2D eigenvalue weighted by Crippen LogP contribution is 2.32. The monoisotopic (exact) mass is 345 g/mol. The zero-order valence-electron chi connectivity index (χ0n) is 10.5. The van der Waals surface area contributed by atoms with E-state index in [0.717, 1.165) is 7.05 Å². The van der Waals surface area contributed by atoms with Crippen molar-refractivity contribution >= 4 is 31.6 Å². The van der Waals surface area contributed by atoms with Crippen molar-refractivity contribution in [2.24, 2.45) is 0 Å². The molecule has 0 fully saturated rings. The second-order valence-corrected chi connectivity index (χ2v) is 4.91. The van der Waals surface area contributed by atoms with Crippen LogP contribution in [0.1, 0.15) is 0 Å². The number of nitrogens with one attached hydrogen (secondary N) is 1. The Kier molecular flexibility index (Phi) is 5.91. The van der Waals surface area contributed by atoms with Crippen molar-refractivity contribution in [3.05, 3.63) is 29.3 Å². The van der Waals surface area contributed by atoms with E-state index in [4.69, 9.17) is 16.5 Å². The SMILES string of the molecule is CN(C(=O)Nc1cccc(Cl)c1)C(O[P+](=O)O)C(F)(F)F. The number of benzene rings is 1. The number of nitrogens with zero attached hydrogens (tertiary/aromatic N) is 1. The van der Waals surface area contributed by atoms with Crippen LogP contribution < -0.4 is 5.32 Å². The topological polar surface area (TPSA) is 78.9 Å². The van der Waals surface area contributed by atoms with Crippen LogP contribution in [0.4, 0.5) is 23.7 Å². The number of urea groups is 1. The lowest BCUT2D eigenvalue weighted by Gasteiger charge is -2.25. The summed E-state index contributed by atoms with van der Waals surface area (Å²) in [6.45, 7) is 0. The Morgan fingerprint density at radius 3 is 2.62 bits per heavy atom. The van der Waals surface area contributed by atoms with E-state index in [1.54, 1.807) is 0 Å². The van der Waals surface area contributed by atoms with Crippen molar-refractivity contribution < 1.29 is 31.9 Å². The molecule has 0 aliphatic carbocycles. The van der Waals surface area contributed by atoms with Crippen molar-refractivity contribution in [2.45, 2.75) is 12.4 Å². The molecule has 1 aromatic carbocycles. The summed E-state index contributed by atoms with van der Waals surface area (Å²) in [5.74, 6) is 0. The van der Waals surface area contributed by atoms with Crippen LogP contribution in [-0.4, -0.2) is 35.3 Å². The minimum absolute atomic E-state index is 0.115. The second-order valence-electron chi connectivity index (χ2n) is 3.79. The van der Waals surface area contributed by atoms with E-state index < -0.39 is 26.7 Å². The van der Waals surface area contributed by atoms with Crippen LogP contribution in [0, 0.1) is 0 Å². The van der Waals surface area contributed by atoms with Gasteiger partial charge >= 0.3 is 20.5 Å². The lowest BCUT2D eigenvalue weighted by atomic mass is 10.3. The first-order valence-electron chi connectivity index (χ1n) is 5.30. The van der Waals surface area contributed by atoms with E-state index in [9.17, 15) is 22.5 Å². The predicted octanol–water partition coefficient (Wildman–Crippen LogP) is 3.36. The molecule has 0 radical (unpaired) electrons.